The molecule has 0 amide bonds. The van der Waals surface area contributed by atoms with E-state index in [1.807, 2.05) is 38.1 Å². The first kappa shape index (κ1) is 13.5. The lowest BCUT2D eigenvalue weighted by molar-refractivity contribution is 0.338. The number of rotatable bonds is 3. The van der Waals surface area contributed by atoms with Gasteiger partial charge in [-0.15, -0.1) is 0 Å². The molecule has 0 spiro atoms. The Morgan fingerprint density at radius 2 is 1.73 bits per heavy atom. The van der Waals surface area contributed by atoms with Gasteiger partial charge in [0.1, 0.15) is 0 Å². The first-order chi connectivity index (χ1) is 7.34. The lowest BCUT2D eigenvalue weighted by atomic mass is 10.1. The van der Waals surface area contributed by atoms with Crippen LogP contribution in [0.25, 0.3) is 6.08 Å². The van der Waals surface area contributed by atoms with E-state index < -0.39 is 0 Å². The molecule has 82 valence electrons. The van der Waals surface area contributed by atoms with Gasteiger partial charge in [-0.05, 0) is 24.1 Å². The van der Waals surface area contributed by atoms with E-state index in [1.54, 1.807) is 13.4 Å². The van der Waals surface area contributed by atoms with Gasteiger partial charge in [-0.2, -0.15) is 0 Å². The molecule has 0 aromatic heterocycles. The minimum absolute atomic E-state index is 1.24. The second-order valence-electron chi connectivity index (χ2n) is 2.78. The van der Waals surface area contributed by atoms with Gasteiger partial charge >= 0.3 is 0 Å². The average Bonchev–Trinajstić information content (AvgIpc) is 2.29. The zero-order valence-electron chi connectivity index (χ0n) is 10.0. The minimum atomic E-state index is 1.24. The summed E-state index contributed by atoms with van der Waals surface area (Å²) in [5.41, 5.74) is 2.52. The molecular formula is C14H20O. The second kappa shape index (κ2) is 9.07. The highest BCUT2D eigenvalue weighted by atomic mass is 16.5. The predicted octanol–water partition coefficient (Wildman–Crippen LogP) is 4.19. The van der Waals surface area contributed by atoms with Gasteiger partial charge in [-0.1, -0.05) is 50.3 Å². The summed E-state index contributed by atoms with van der Waals surface area (Å²) in [7, 11) is 1.64. The normalized spacial score (nSPS) is 10.1. The van der Waals surface area contributed by atoms with Crippen LogP contribution >= 0.6 is 0 Å². The summed E-state index contributed by atoms with van der Waals surface area (Å²) in [6.07, 6.45) is 7.54. The van der Waals surface area contributed by atoms with E-state index in [0.29, 0.717) is 0 Å². The number of aryl methyl sites for hydroxylation is 1. The molecule has 0 radical (unpaired) electrons. The third-order valence-corrected chi connectivity index (χ3v) is 1.79. The zero-order valence-corrected chi connectivity index (χ0v) is 10.0. The molecule has 0 aliphatic heterocycles. The molecule has 1 aromatic carbocycles. The standard InChI is InChI=1S/C12H14O.C2H6/c1-11-7-3-4-8-12(11)9-5-6-10-13-2;1-2/h3-10H,1-2H3;1-2H3/b9-5+,10-6-;. The number of hydrogen-bond acceptors (Lipinski definition) is 1. The molecule has 0 aliphatic rings. The van der Waals surface area contributed by atoms with E-state index in [-0.39, 0.29) is 0 Å². The minimum Gasteiger partial charge on any atom is -0.504 e. The summed E-state index contributed by atoms with van der Waals surface area (Å²) in [6, 6.07) is 8.26. The van der Waals surface area contributed by atoms with Crippen molar-refractivity contribution >= 4 is 6.08 Å². The molecular weight excluding hydrogens is 184 g/mol. The van der Waals surface area contributed by atoms with E-state index in [0.717, 1.165) is 0 Å². The lowest BCUT2D eigenvalue weighted by Gasteiger charge is -1.96. The first-order valence-corrected chi connectivity index (χ1v) is 5.26. The third-order valence-electron chi connectivity index (χ3n) is 1.79. The van der Waals surface area contributed by atoms with Crippen molar-refractivity contribution < 1.29 is 4.74 Å². The van der Waals surface area contributed by atoms with Crippen molar-refractivity contribution in [3.8, 4) is 0 Å². The maximum atomic E-state index is 4.78. The quantitative estimate of drug-likeness (QED) is 0.529. The van der Waals surface area contributed by atoms with Crippen LogP contribution < -0.4 is 0 Å². The van der Waals surface area contributed by atoms with Gasteiger partial charge in [0.15, 0.2) is 0 Å². The second-order valence-corrected chi connectivity index (χ2v) is 2.78. The number of methoxy groups -OCH3 is 1. The maximum absolute atomic E-state index is 4.78. The highest BCUT2D eigenvalue weighted by Gasteiger charge is 1.88. The van der Waals surface area contributed by atoms with Crippen molar-refractivity contribution in [1.82, 2.24) is 0 Å². The largest absolute Gasteiger partial charge is 0.504 e. The molecule has 0 N–H and O–H groups in total. The molecule has 15 heavy (non-hydrogen) atoms. The fraction of sp³-hybridized carbons (Fsp3) is 0.286. The van der Waals surface area contributed by atoms with Crippen LogP contribution in [0.15, 0.2) is 42.7 Å². The molecule has 0 saturated carbocycles. The number of hydrogen-bond donors (Lipinski definition) is 0. The summed E-state index contributed by atoms with van der Waals surface area (Å²) < 4.78 is 4.78. The average molecular weight is 204 g/mol. The summed E-state index contributed by atoms with van der Waals surface area (Å²) in [5.74, 6) is 0. The fourth-order valence-corrected chi connectivity index (χ4v) is 1.06. The van der Waals surface area contributed by atoms with Crippen molar-refractivity contribution in [2.75, 3.05) is 7.11 Å². The van der Waals surface area contributed by atoms with Gasteiger partial charge in [0, 0.05) is 0 Å². The lowest BCUT2D eigenvalue weighted by Crippen LogP contribution is -1.76. The molecule has 0 atom stereocenters. The molecule has 0 saturated heterocycles. The van der Waals surface area contributed by atoms with Gasteiger partial charge in [-0.3, -0.25) is 0 Å². The van der Waals surface area contributed by atoms with Crippen molar-refractivity contribution in [3.63, 3.8) is 0 Å². The monoisotopic (exact) mass is 204 g/mol. The predicted molar refractivity (Wildman–Crippen MR) is 67.7 cm³/mol. The van der Waals surface area contributed by atoms with E-state index in [2.05, 4.69) is 25.1 Å². The molecule has 0 unspecified atom stereocenters. The van der Waals surface area contributed by atoms with E-state index in [1.165, 1.54) is 11.1 Å². The van der Waals surface area contributed by atoms with Crippen LogP contribution in [-0.2, 0) is 4.74 Å². The Balaban J connectivity index is 0.000000921. The van der Waals surface area contributed by atoms with E-state index in [9.17, 15) is 0 Å². The van der Waals surface area contributed by atoms with Crippen molar-refractivity contribution in [2.24, 2.45) is 0 Å². The summed E-state index contributed by atoms with van der Waals surface area (Å²) in [4.78, 5) is 0. The summed E-state index contributed by atoms with van der Waals surface area (Å²) in [6.45, 7) is 6.10. The van der Waals surface area contributed by atoms with Crippen LogP contribution in [0.1, 0.15) is 25.0 Å². The number of benzene rings is 1. The van der Waals surface area contributed by atoms with Gasteiger partial charge in [0.05, 0.1) is 13.4 Å². The molecule has 0 aliphatic carbocycles. The Morgan fingerprint density at radius 3 is 2.33 bits per heavy atom. The summed E-state index contributed by atoms with van der Waals surface area (Å²) >= 11 is 0. The van der Waals surface area contributed by atoms with Crippen LogP contribution in [0.2, 0.25) is 0 Å². The van der Waals surface area contributed by atoms with Gasteiger partial charge < -0.3 is 4.74 Å². The van der Waals surface area contributed by atoms with Crippen LogP contribution in [0.4, 0.5) is 0 Å². The highest BCUT2D eigenvalue weighted by Crippen LogP contribution is 2.08. The van der Waals surface area contributed by atoms with Crippen LogP contribution in [0.3, 0.4) is 0 Å². The molecule has 0 bridgehead atoms. The maximum Gasteiger partial charge on any atom is 0.0824 e. The SMILES string of the molecule is CC.CO/C=C\C=C\c1ccccc1C. The van der Waals surface area contributed by atoms with Crippen molar-refractivity contribution in [1.29, 1.82) is 0 Å². The first-order valence-electron chi connectivity index (χ1n) is 5.26. The fourth-order valence-electron chi connectivity index (χ4n) is 1.06. The Labute approximate surface area is 93.1 Å². The molecule has 1 rings (SSSR count). The molecule has 1 heteroatoms. The van der Waals surface area contributed by atoms with Crippen molar-refractivity contribution in [3.05, 3.63) is 53.8 Å². The smallest absolute Gasteiger partial charge is 0.0824 e. The molecule has 1 aromatic rings. The van der Waals surface area contributed by atoms with E-state index >= 15 is 0 Å². The zero-order chi connectivity index (χ0) is 11.5. The van der Waals surface area contributed by atoms with E-state index in [4.69, 9.17) is 4.74 Å². The Hall–Kier alpha value is -1.50. The highest BCUT2D eigenvalue weighted by molar-refractivity contribution is 5.54. The third kappa shape index (κ3) is 5.74. The topological polar surface area (TPSA) is 9.23 Å². The van der Waals surface area contributed by atoms with Gasteiger partial charge in [-0.25, -0.2) is 0 Å². The number of ether oxygens (including phenoxy) is 1. The Morgan fingerprint density at radius 1 is 1.07 bits per heavy atom. The Kier molecular flexibility index (Phi) is 8.16. The summed E-state index contributed by atoms with van der Waals surface area (Å²) in [5, 5.41) is 0. The van der Waals surface area contributed by atoms with Gasteiger partial charge in [0.2, 0.25) is 0 Å². The number of allylic oxidation sites excluding steroid dienone is 2. The van der Waals surface area contributed by atoms with Crippen LogP contribution in [-0.4, -0.2) is 7.11 Å². The van der Waals surface area contributed by atoms with Crippen LogP contribution in [0, 0.1) is 6.92 Å². The van der Waals surface area contributed by atoms with Crippen molar-refractivity contribution in [2.45, 2.75) is 20.8 Å². The molecule has 0 fully saturated rings. The Bertz CT molecular complexity index is 311. The van der Waals surface area contributed by atoms with Gasteiger partial charge in [0.25, 0.3) is 0 Å². The molecule has 1 nitrogen and oxygen atoms in total. The van der Waals surface area contributed by atoms with Crippen LogP contribution in [0.5, 0.6) is 0 Å². The molecule has 0 heterocycles.